The van der Waals surface area contributed by atoms with Crippen LogP contribution in [0.2, 0.25) is 0 Å². The number of carbonyl (C=O) groups excluding carboxylic acids is 2. The summed E-state index contributed by atoms with van der Waals surface area (Å²) in [4.78, 5) is 22.9. The third-order valence-corrected chi connectivity index (χ3v) is 4.36. The molecule has 21 heavy (non-hydrogen) atoms. The van der Waals surface area contributed by atoms with Crippen LogP contribution in [0.3, 0.4) is 0 Å². The predicted octanol–water partition coefficient (Wildman–Crippen LogP) is 2.65. The van der Waals surface area contributed by atoms with Gasteiger partial charge in [-0.3, -0.25) is 9.59 Å². The number of rotatable bonds is 4. The van der Waals surface area contributed by atoms with Gasteiger partial charge in [0.2, 0.25) is 5.91 Å². The predicted molar refractivity (Wildman–Crippen MR) is 85.9 cm³/mol. The highest BCUT2D eigenvalue weighted by molar-refractivity contribution is 8.04. The second kappa shape index (κ2) is 5.61. The van der Waals surface area contributed by atoms with Gasteiger partial charge in [0.15, 0.2) is 5.78 Å². The lowest BCUT2D eigenvalue weighted by molar-refractivity contribution is -0.119. The van der Waals surface area contributed by atoms with Gasteiger partial charge in [-0.2, -0.15) is 0 Å². The number of carbonyl (C=O) groups is 2. The van der Waals surface area contributed by atoms with E-state index in [9.17, 15) is 9.59 Å². The quantitative estimate of drug-likeness (QED) is 0.910. The third-order valence-electron chi connectivity index (χ3n) is 3.32. The Balaban J connectivity index is 1.91. The summed E-state index contributed by atoms with van der Waals surface area (Å²) in [5.41, 5.74) is 6.59. The lowest BCUT2D eigenvalue weighted by Crippen LogP contribution is -2.15. The van der Waals surface area contributed by atoms with Crippen molar-refractivity contribution in [3.8, 4) is 0 Å². The number of nitrogens with two attached hydrogens (primary N) is 1. The Morgan fingerprint density at radius 1 is 1.19 bits per heavy atom. The second-order valence-electron chi connectivity index (χ2n) is 4.85. The number of anilines is 1. The molecule has 0 saturated heterocycles. The van der Waals surface area contributed by atoms with Crippen molar-refractivity contribution in [3.05, 3.63) is 53.1 Å². The molecule has 2 aromatic rings. The molecule has 3 rings (SSSR count). The van der Waals surface area contributed by atoms with E-state index in [1.807, 2.05) is 42.5 Å². The molecule has 0 aliphatic carbocycles. The molecule has 2 aromatic carbocycles. The minimum atomic E-state index is -0.487. The Morgan fingerprint density at radius 2 is 1.95 bits per heavy atom. The number of hydrogen-bond donors (Lipinski definition) is 2. The average Bonchev–Trinajstić information content (AvgIpc) is 2.80. The van der Waals surface area contributed by atoms with Crippen LogP contribution >= 0.6 is 11.8 Å². The Morgan fingerprint density at radius 3 is 2.71 bits per heavy atom. The molecule has 1 aliphatic rings. The molecule has 4 nitrogen and oxygen atoms in total. The molecular weight excluding hydrogens is 284 g/mol. The third kappa shape index (κ3) is 2.92. The average molecular weight is 298 g/mol. The number of benzene rings is 2. The molecular formula is C16H14N2O2S. The number of amides is 1. The summed E-state index contributed by atoms with van der Waals surface area (Å²) in [6.45, 7) is 0. The summed E-state index contributed by atoms with van der Waals surface area (Å²) in [6.07, 6.45) is -0.0122. The van der Waals surface area contributed by atoms with Gasteiger partial charge in [-0.25, -0.2) is 0 Å². The first-order valence-electron chi connectivity index (χ1n) is 6.57. The SMILES string of the molecule is NC(=O)CC1=C(Nc2ccc3ccccc3c2)SCC1=O. The first kappa shape index (κ1) is 13.7. The minimum Gasteiger partial charge on any atom is -0.369 e. The minimum absolute atomic E-state index is 0.0122. The highest BCUT2D eigenvalue weighted by Crippen LogP contribution is 2.32. The van der Waals surface area contributed by atoms with Crippen LogP contribution in [0.25, 0.3) is 10.8 Å². The number of primary amides is 1. The monoisotopic (exact) mass is 298 g/mol. The molecule has 0 atom stereocenters. The lowest BCUT2D eigenvalue weighted by atomic mass is 10.1. The zero-order valence-electron chi connectivity index (χ0n) is 11.3. The summed E-state index contributed by atoms with van der Waals surface area (Å²) in [5, 5.41) is 6.24. The van der Waals surface area contributed by atoms with Crippen LogP contribution < -0.4 is 11.1 Å². The van der Waals surface area contributed by atoms with Crippen LogP contribution in [0.5, 0.6) is 0 Å². The van der Waals surface area contributed by atoms with Crippen LogP contribution in [0.15, 0.2) is 53.1 Å². The molecule has 0 radical (unpaired) electrons. The van der Waals surface area contributed by atoms with E-state index in [1.165, 1.54) is 11.8 Å². The summed E-state index contributed by atoms with van der Waals surface area (Å²) in [6, 6.07) is 14.1. The number of hydrogen-bond acceptors (Lipinski definition) is 4. The summed E-state index contributed by atoms with van der Waals surface area (Å²) < 4.78 is 0. The number of nitrogens with one attached hydrogen (secondary N) is 1. The maximum atomic E-state index is 11.8. The smallest absolute Gasteiger partial charge is 0.222 e. The zero-order chi connectivity index (χ0) is 14.8. The Bertz CT molecular complexity index is 768. The summed E-state index contributed by atoms with van der Waals surface area (Å²) in [5.74, 6) is -0.154. The molecule has 1 amide bonds. The number of ketones is 1. The van der Waals surface area contributed by atoms with Crippen molar-refractivity contribution in [1.29, 1.82) is 0 Å². The van der Waals surface area contributed by atoms with E-state index in [4.69, 9.17) is 5.73 Å². The molecule has 1 aliphatic heterocycles. The van der Waals surface area contributed by atoms with Gasteiger partial charge in [0.1, 0.15) is 0 Å². The van der Waals surface area contributed by atoms with Crippen LogP contribution in [0.1, 0.15) is 6.42 Å². The van der Waals surface area contributed by atoms with Crippen LogP contribution in [-0.4, -0.2) is 17.4 Å². The highest BCUT2D eigenvalue weighted by atomic mass is 32.2. The molecule has 0 unspecified atom stereocenters. The largest absolute Gasteiger partial charge is 0.369 e. The molecule has 0 fully saturated rings. The summed E-state index contributed by atoms with van der Waals surface area (Å²) in [7, 11) is 0. The van der Waals surface area contributed by atoms with E-state index in [2.05, 4.69) is 5.32 Å². The van der Waals surface area contributed by atoms with E-state index >= 15 is 0 Å². The Hall–Kier alpha value is -2.27. The fourth-order valence-corrected chi connectivity index (χ4v) is 3.30. The van der Waals surface area contributed by atoms with Gasteiger partial charge in [-0.1, -0.05) is 42.1 Å². The molecule has 0 spiro atoms. The van der Waals surface area contributed by atoms with Crippen molar-refractivity contribution >= 4 is 39.9 Å². The molecule has 1 heterocycles. The normalized spacial score (nSPS) is 14.8. The van der Waals surface area contributed by atoms with Crippen LogP contribution in [-0.2, 0) is 9.59 Å². The van der Waals surface area contributed by atoms with E-state index in [0.29, 0.717) is 11.3 Å². The van der Waals surface area contributed by atoms with Gasteiger partial charge < -0.3 is 11.1 Å². The van der Waals surface area contributed by atoms with Gasteiger partial charge in [0.25, 0.3) is 0 Å². The number of Topliss-reactive ketones (excluding diaryl/α,β-unsaturated/α-hetero) is 1. The first-order valence-corrected chi connectivity index (χ1v) is 7.55. The highest BCUT2D eigenvalue weighted by Gasteiger charge is 2.25. The molecule has 3 N–H and O–H groups in total. The van der Waals surface area contributed by atoms with Crippen molar-refractivity contribution < 1.29 is 9.59 Å². The van der Waals surface area contributed by atoms with Crippen molar-refractivity contribution in [2.45, 2.75) is 6.42 Å². The van der Waals surface area contributed by atoms with Gasteiger partial charge in [-0.05, 0) is 22.9 Å². The fourth-order valence-electron chi connectivity index (χ4n) is 2.30. The first-order chi connectivity index (χ1) is 10.1. The van der Waals surface area contributed by atoms with Crippen molar-refractivity contribution in [1.82, 2.24) is 0 Å². The van der Waals surface area contributed by atoms with Crippen LogP contribution in [0, 0.1) is 0 Å². The summed E-state index contributed by atoms with van der Waals surface area (Å²) >= 11 is 1.41. The van der Waals surface area contributed by atoms with Crippen molar-refractivity contribution in [2.75, 3.05) is 11.1 Å². The van der Waals surface area contributed by atoms with Gasteiger partial charge in [0.05, 0.1) is 17.2 Å². The van der Waals surface area contributed by atoms with Crippen molar-refractivity contribution in [2.24, 2.45) is 5.73 Å². The maximum absolute atomic E-state index is 11.8. The van der Waals surface area contributed by atoms with E-state index in [-0.39, 0.29) is 12.2 Å². The molecule has 0 saturated carbocycles. The Labute approximate surface area is 126 Å². The van der Waals surface area contributed by atoms with Gasteiger partial charge >= 0.3 is 0 Å². The van der Waals surface area contributed by atoms with Crippen molar-refractivity contribution in [3.63, 3.8) is 0 Å². The van der Waals surface area contributed by atoms with E-state index < -0.39 is 5.91 Å². The zero-order valence-corrected chi connectivity index (χ0v) is 12.1. The maximum Gasteiger partial charge on any atom is 0.222 e. The fraction of sp³-hybridized carbons (Fsp3) is 0.125. The second-order valence-corrected chi connectivity index (χ2v) is 5.84. The number of fused-ring (bicyclic) bond motifs is 1. The molecule has 106 valence electrons. The van der Waals surface area contributed by atoms with E-state index in [0.717, 1.165) is 21.5 Å². The lowest BCUT2D eigenvalue weighted by Gasteiger charge is -2.09. The molecule has 0 bridgehead atoms. The van der Waals surface area contributed by atoms with Crippen LogP contribution in [0.4, 0.5) is 5.69 Å². The standard InChI is InChI=1S/C16H14N2O2S/c17-15(20)8-13-14(19)9-21-16(13)18-12-6-5-10-3-1-2-4-11(10)7-12/h1-7,18H,8-9H2,(H2,17,20). The van der Waals surface area contributed by atoms with Gasteiger partial charge in [0, 0.05) is 11.3 Å². The number of thioether (sulfide) groups is 1. The Kier molecular flexibility index (Phi) is 3.66. The topological polar surface area (TPSA) is 72.2 Å². The molecule has 5 heteroatoms. The van der Waals surface area contributed by atoms with E-state index in [1.54, 1.807) is 0 Å². The molecule has 0 aromatic heterocycles. The van der Waals surface area contributed by atoms with Gasteiger partial charge in [-0.15, -0.1) is 0 Å².